The van der Waals surface area contributed by atoms with Gasteiger partial charge in [0.15, 0.2) is 0 Å². The third-order valence-corrected chi connectivity index (χ3v) is 3.70. The van der Waals surface area contributed by atoms with Gasteiger partial charge in [-0.05, 0) is 38.3 Å². The second-order valence-corrected chi connectivity index (χ2v) is 5.72. The topological polar surface area (TPSA) is 37.4 Å². The van der Waals surface area contributed by atoms with E-state index < -0.39 is 0 Å². The number of nitrogens with one attached hydrogen (secondary N) is 1. The van der Waals surface area contributed by atoms with E-state index in [0.29, 0.717) is 5.92 Å². The Morgan fingerprint density at radius 2 is 2.40 bits per heavy atom. The van der Waals surface area contributed by atoms with Crippen LogP contribution in [0.2, 0.25) is 0 Å². The minimum absolute atomic E-state index is 0.678. The molecule has 2 rings (SSSR count). The Morgan fingerprint density at radius 3 is 3.15 bits per heavy atom. The van der Waals surface area contributed by atoms with Crippen molar-refractivity contribution >= 4 is 5.82 Å². The zero-order chi connectivity index (χ0) is 14.2. The van der Waals surface area contributed by atoms with E-state index in [2.05, 4.69) is 35.2 Å². The van der Waals surface area contributed by atoms with Crippen LogP contribution in [0.1, 0.15) is 31.7 Å². The van der Waals surface area contributed by atoms with Crippen molar-refractivity contribution in [2.45, 2.75) is 32.7 Å². The molecule has 1 fully saturated rings. The number of aromatic nitrogens is 1. The summed E-state index contributed by atoms with van der Waals surface area (Å²) < 4.78 is 5.56. The molecular weight excluding hydrogens is 250 g/mol. The second kappa shape index (κ2) is 8.22. The van der Waals surface area contributed by atoms with Crippen LogP contribution in [0, 0.1) is 5.92 Å². The van der Waals surface area contributed by atoms with Gasteiger partial charge in [-0.25, -0.2) is 4.98 Å². The van der Waals surface area contributed by atoms with Crippen LogP contribution >= 0.6 is 0 Å². The number of ether oxygens (including phenoxy) is 1. The summed E-state index contributed by atoms with van der Waals surface area (Å²) in [5, 5.41) is 3.41. The van der Waals surface area contributed by atoms with Crippen molar-refractivity contribution in [2.75, 3.05) is 38.7 Å². The molecule has 1 N–H and O–H groups in total. The molecule has 0 aromatic carbocycles. The van der Waals surface area contributed by atoms with Crippen molar-refractivity contribution < 1.29 is 4.74 Å². The summed E-state index contributed by atoms with van der Waals surface area (Å²) in [6.07, 6.45) is 5.47. The lowest BCUT2D eigenvalue weighted by Crippen LogP contribution is -2.30. The molecule has 0 aliphatic carbocycles. The maximum Gasteiger partial charge on any atom is 0.130 e. The Hall–Kier alpha value is -1.13. The normalized spacial score (nSPS) is 19.2. The molecule has 2 heterocycles. The molecule has 1 aliphatic rings. The molecule has 0 spiro atoms. The fourth-order valence-corrected chi connectivity index (χ4v) is 2.72. The Balaban J connectivity index is 1.87. The van der Waals surface area contributed by atoms with Crippen LogP contribution in [-0.2, 0) is 11.3 Å². The lowest BCUT2D eigenvalue weighted by atomic mass is 10.0. The van der Waals surface area contributed by atoms with Crippen molar-refractivity contribution in [3.63, 3.8) is 0 Å². The summed E-state index contributed by atoms with van der Waals surface area (Å²) in [7, 11) is 2.19. The van der Waals surface area contributed by atoms with Crippen LogP contribution in [0.25, 0.3) is 0 Å². The van der Waals surface area contributed by atoms with Crippen molar-refractivity contribution in [3.8, 4) is 0 Å². The second-order valence-electron chi connectivity index (χ2n) is 5.72. The van der Waals surface area contributed by atoms with Gasteiger partial charge < -0.3 is 15.0 Å². The van der Waals surface area contributed by atoms with E-state index in [0.717, 1.165) is 45.1 Å². The first kappa shape index (κ1) is 15.3. The monoisotopic (exact) mass is 277 g/mol. The van der Waals surface area contributed by atoms with Gasteiger partial charge in [0.2, 0.25) is 0 Å². The van der Waals surface area contributed by atoms with E-state index >= 15 is 0 Å². The molecule has 112 valence electrons. The van der Waals surface area contributed by atoms with Crippen molar-refractivity contribution in [3.05, 3.63) is 23.9 Å². The molecule has 1 atom stereocenters. The summed E-state index contributed by atoms with van der Waals surface area (Å²) >= 11 is 0. The fraction of sp³-hybridized carbons (Fsp3) is 0.688. The summed E-state index contributed by atoms with van der Waals surface area (Å²) in [5.74, 6) is 1.71. The number of nitrogens with zero attached hydrogens (tertiary/aromatic N) is 2. The van der Waals surface area contributed by atoms with Gasteiger partial charge in [-0.15, -0.1) is 0 Å². The van der Waals surface area contributed by atoms with Crippen LogP contribution in [0.4, 0.5) is 5.82 Å². The predicted molar refractivity (Wildman–Crippen MR) is 82.9 cm³/mol. The molecule has 1 aromatic heterocycles. The third kappa shape index (κ3) is 4.76. The fourth-order valence-electron chi connectivity index (χ4n) is 2.72. The zero-order valence-corrected chi connectivity index (χ0v) is 12.8. The molecule has 1 aliphatic heterocycles. The molecule has 0 saturated carbocycles. The van der Waals surface area contributed by atoms with Crippen LogP contribution in [-0.4, -0.2) is 43.2 Å². The highest BCUT2D eigenvalue weighted by atomic mass is 16.5. The Morgan fingerprint density at radius 1 is 1.50 bits per heavy atom. The maximum atomic E-state index is 5.56. The van der Waals surface area contributed by atoms with E-state index in [4.69, 9.17) is 4.74 Å². The molecule has 0 radical (unpaired) electrons. The summed E-state index contributed by atoms with van der Waals surface area (Å²) in [5.41, 5.74) is 1.28. The molecule has 1 unspecified atom stereocenters. The smallest absolute Gasteiger partial charge is 0.130 e. The van der Waals surface area contributed by atoms with Gasteiger partial charge in [0, 0.05) is 38.0 Å². The standard InChI is InChI=1S/C16H27N3O/c1-3-8-17-16-15(7-4-9-18-16)12-19(2)11-14-6-5-10-20-13-14/h4,7,9,14H,3,5-6,8,10-13H2,1-2H3,(H,17,18). The van der Waals surface area contributed by atoms with Gasteiger partial charge in [-0.2, -0.15) is 0 Å². The van der Waals surface area contributed by atoms with Crippen molar-refractivity contribution in [1.29, 1.82) is 0 Å². The third-order valence-electron chi connectivity index (χ3n) is 3.70. The van der Waals surface area contributed by atoms with Gasteiger partial charge in [-0.1, -0.05) is 13.0 Å². The molecule has 0 amide bonds. The van der Waals surface area contributed by atoms with E-state index in [9.17, 15) is 0 Å². The first-order valence-corrected chi connectivity index (χ1v) is 7.73. The highest BCUT2D eigenvalue weighted by Crippen LogP contribution is 2.18. The maximum absolute atomic E-state index is 5.56. The van der Waals surface area contributed by atoms with Gasteiger partial charge in [0.25, 0.3) is 0 Å². The molecule has 1 aromatic rings. The summed E-state index contributed by atoms with van der Waals surface area (Å²) in [4.78, 5) is 6.84. The van der Waals surface area contributed by atoms with Crippen LogP contribution in [0.15, 0.2) is 18.3 Å². The number of hydrogen-bond acceptors (Lipinski definition) is 4. The molecule has 20 heavy (non-hydrogen) atoms. The van der Waals surface area contributed by atoms with Gasteiger partial charge in [0.05, 0.1) is 6.61 Å². The molecule has 4 nitrogen and oxygen atoms in total. The lowest BCUT2D eigenvalue weighted by molar-refractivity contribution is 0.0411. The predicted octanol–water partition coefficient (Wildman–Crippen LogP) is 2.76. The lowest BCUT2D eigenvalue weighted by Gasteiger charge is -2.27. The Labute approximate surface area is 122 Å². The van der Waals surface area contributed by atoms with E-state index in [-0.39, 0.29) is 0 Å². The van der Waals surface area contributed by atoms with Crippen LogP contribution in [0.3, 0.4) is 0 Å². The largest absolute Gasteiger partial charge is 0.381 e. The molecule has 1 saturated heterocycles. The minimum Gasteiger partial charge on any atom is -0.381 e. The number of rotatable bonds is 7. The number of pyridine rings is 1. The van der Waals surface area contributed by atoms with Gasteiger partial charge >= 0.3 is 0 Å². The quantitative estimate of drug-likeness (QED) is 0.831. The number of anilines is 1. The molecule has 4 heteroatoms. The zero-order valence-electron chi connectivity index (χ0n) is 12.8. The first-order valence-electron chi connectivity index (χ1n) is 7.73. The van der Waals surface area contributed by atoms with Crippen molar-refractivity contribution in [1.82, 2.24) is 9.88 Å². The molecular formula is C16H27N3O. The summed E-state index contributed by atoms with van der Waals surface area (Å²) in [6, 6.07) is 4.18. The Bertz CT molecular complexity index is 391. The van der Waals surface area contributed by atoms with E-state index in [1.165, 1.54) is 18.4 Å². The highest BCUT2D eigenvalue weighted by Gasteiger charge is 2.16. The van der Waals surface area contributed by atoms with Gasteiger partial charge in [-0.3, -0.25) is 0 Å². The van der Waals surface area contributed by atoms with Crippen LogP contribution in [0.5, 0.6) is 0 Å². The SMILES string of the molecule is CCCNc1ncccc1CN(C)CC1CCCOC1. The minimum atomic E-state index is 0.678. The van der Waals surface area contributed by atoms with Crippen LogP contribution < -0.4 is 5.32 Å². The average Bonchev–Trinajstić information content (AvgIpc) is 2.47. The number of hydrogen-bond donors (Lipinski definition) is 1. The van der Waals surface area contributed by atoms with Gasteiger partial charge in [0.1, 0.15) is 5.82 Å². The van der Waals surface area contributed by atoms with Crippen molar-refractivity contribution in [2.24, 2.45) is 5.92 Å². The van der Waals surface area contributed by atoms with E-state index in [1.807, 2.05) is 12.3 Å². The Kier molecular flexibility index (Phi) is 6.27. The summed E-state index contributed by atoms with van der Waals surface area (Å²) in [6.45, 7) is 7.04. The highest BCUT2D eigenvalue weighted by molar-refractivity contribution is 5.43. The first-order chi connectivity index (χ1) is 9.79. The average molecular weight is 277 g/mol. The molecule has 0 bridgehead atoms. The van der Waals surface area contributed by atoms with E-state index in [1.54, 1.807) is 0 Å².